The monoisotopic (exact) mass is 268 g/mol. The number of carbonyl (C=O) groups is 1. The van der Waals surface area contributed by atoms with E-state index >= 15 is 0 Å². The molecule has 1 nitrogen and oxygen atoms in total. The molecule has 0 heterocycles. The first kappa shape index (κ1) is 20.3. The summed E-state index contributed by atoms with van der Waals surface area (Å²) in [6.45, 7) is 3.92. The Balaban J connectivity index is 0. The van der Waals surface area contributed by atoms with Crippen LogP contribution in [0.2, 0.25) is 0 Å². The van der Waals surface area contributed by atoms with Crippen LogP contribution in [-0.4, -0.2) is 40.4 Å². The third-order valence-electron chi connectivity index (χ3n) is 2.80. The van der Waals surface area contributed by atoms with E-state index in [0.29, 0.717) is 0 Å². The van der Waals surface area contributed by atoms with E-state index in [-0.39, 0.29) is 34.7 Å². The molecule has 0 radical (unpaired) electrons. The number of thioether (sulfide) groups is 1. The van der Waals surface area contributed by atoms with Crippen molar-refractivity contribution in [3.8, 4) is 0 Å². The van der Waals surface area contributed by atoms with Crippen molar-refractivity contribution in [2.45, 2.75) is 78.1 Å². The second kappa shape index (κ2) is 17.0. The van der Waals surface area contributed by atoms with Crippen LogP contribution in [0.25, 0.3) is 0 Å². The summed E-state index contributed by atoms with van der Waals surface area (Å²) in [6, 6.07) is 0. The van der Waals surface area contributed by atoms with Crippen LogP contribution in [0.3, 0.4) is 0 Å². The summed E-state index contributed by atoms with van der Waals surface area (Å²) in [4.78, 5) is 10.7. The second-order valence-electron chi connectivity index (χ2n) is 4.52. The average molecular weight is 268 g/mol. The zero-order chi connectivity index (χ0) is 12.1. The third-order valence-corrected chi connectivity index (χ3v) is 3.70. The predicted molar refractivity (Wildman–Crippen MR) is 82.1 cm³/mol. The standard InChI is InChI=1S/C14H28OS.Na.H/c1-3-4-5-6-7-8-9-10-11-12-13-16-14(2)15;;/h3-13H2,1-2H3;;. The fraction of sp³-hybridized carbons (Fsp3) is 0.929. The molecule has 0 aliphatic heterocycles. The Kier molecular flexibility index (Phi) is 20.4. The zero-order valence-corrected chi connectivity index (χ0v) is 11.9. The molecule has 0 saturated carbocycles. The Labute approximate surface area is 134 Å². The zero-order valence-electron chi connectivity index (χ0n) is 11.1. The van der Waals surface area contributed by atoms with Crippen LogP contribution in [0, 0.1) is 0 Å². The van der Waals surface area contributed by atoms with E-state index in [2.05, 4.69) is 6.92 Å². The topological polar surface area (TPSA) is 17.1 Å². The molecule has 0 aliphatic carbocycles. The number of rotatable bonds is 11. The number of hydrogen-bond acceptors (Lipinski definition) is 2. The minimum atomic E-state index is 0. The first-order valence-electron chi connectivity index (χ1n) is 6.90. The molecule has 3 heteroatoms. The third kappa shape index (κ3) is 19.5. The van der Waals surface area contributed by atoms with E-state index in [1.54, 1.807) is 6.92 Å². The summed E-state index contributed by atoms with van der Waals surface area (Å²) in [6.07, 6.45) is 13.7. The van der Waals surface area contributed by atoms with Crippen molar-refractivity contribution in [2.24, 2.45) is 0 Å². The number of unbranched alkanes of at least 4 members (excludes halogenated alkanes) is 9. The molecule has 0 atom stereocenters. The molecule has 0 fully saturated rings. The molecule has 17 heavy (non-hydrogen) atoms. The minimum absolute atomic E-state index is 0. The normalized spacial score (nSPS) is 10.0. The summed E-state index contributed by atoms with van der Waals surface area (Å²) >= 11 is 1.47. The molecular weight excluding hydrogens is 239 g/mol. The Morgan fingerprint density at radius 2 is 1.24 bits per heavy atom. The van der Waals surface area contributed by atoms with Gasteiger partial charge in [0.2, 0.25) is 0 Å². The van der Waals surface area contributed by atoms with Gasteiger partial charge in [-0.2, -0.15) is 0 Å². The quantitative estimate of drug-likeness (QED) is 0.404. The Morgan fingerprint density at radius 3 is 1.65 bits per heavy atom. The molecule has 0 amide bonds. The molecule has 98 valence electrons. The van der Waals surface area contributed by atoms with Gasteiger partial charge in [0.15, 0.2) is 5.12 Å². The first-order chi connectivity index (χ1) is 7.77. The van der Waals surface area contributed by atoms with E-state index in [1.807, 2.05) is 0 Å². The van der Waals surface area contributed by atoms with Crippen molar-refractivity contribution in [3.05, 3.63) is 0 Å². The fourth-order valence-corrected chi connectivity index (χ4v) is 2.44. The molecule has 0 spiro atoms. The van der Waals surface area contributed by atoms with E-state index in [0.717, 1.165) is 5.75 Å². The van der Waals surface area contributed by atoms with Crippen LogP contribution < -0.4 is 0 Å². The molecule has 0 rings (SSSR count). The maximum absolute atomic E-state index is 10.7. The van der Waals surface area contributed by atoms with E-state index < -0.39 is 0 Å². The molecule has 0 saturated heterocycles. The van der Waals surface area contributed by atoms with Crippen LogP contribution >= 0.6 is 11.8 Å². The van der Waals surface area contributed by atoms with E-state index in [9.17, 15) is 4.79 Å². The number of hydrogen-bond donors (Lipinski definition) is 0. The van der Waals surface area contributed by atoms with Gasteiger partial charge in [-0.25, -0.2) is 0 Å². The molecule has 0 aromatic carbocycles. The van der Waals surface area contributed by atoms with Gasteiger partial charge in [0.25, 0.3) is 0 Å². The van der Waals surface area contributed by atoms with Gasteiger partial charge in [-0.3, -0.25) is 4.79 Å². The second-order valence-corrected chi connectivity index (χ2v) is 5.79. The van der Waals surface area contributed by atoms with Gasteiger partial charge in [0.1, 0.15) is 0 Å². The Hall–Kier alpha value is 1.02. The van der Waals surface area contributed by atoms with Crippen LogP contribution in [-0.2, 0) is 4.79 Å². The number of carbonyl (C=O) groups excluding carboxylic acids is 1. The van der Waals surface area contributed by atoms with E-state index in [4.69, 9.17) is 0 Å². The maximum atomic E-state index is 10.7. The summed E-state index contributed by atoms with van der Waals surface area (Å²) in [5, 5.41) is 0.260. The van der Waals surface area contributed by atoms with Gasteiger partial charge in [0, 0.05) is 12.7 Å². The molecule has 0 aromatic heterocycles. The molecule has 0 N–H and O–H groups in total. The summed E-state index contributed by atoms with van der Waals surface area (Å²) in [5.74, 6) is 1.02. The molecule has 0 aliphatic rings. The van der Waals surface area contributed by atoms with Crippen molar-refractivity contribution >= 4 is 46.4 Å². The van der Waals surface area contributed by atoms with Gasteiger partial charge in [-0.1, -0.05) is 76.5 Å². The summed E-state index contributed by atoms with van der Waals surface area (Å²) in [5.41, 5.74) is 0. The Morgan fingerprint density at radius 1 is 0.824 bits per heavy atom. The average Bonchev–Trinajstić information content (AvgIpc) is 2.25. The van der Waals surface area contributed by atoms with Crippen LogP contribution in [0.4, 0.5) is 0 Å². The van der Waals surface area contributed by atoms with Crippen molar-refractivity contribution in [1.82, 2.24) is 0 Å². The molecule has 0 aromatic rings. The van der Waals surface area contributed by atoms with Crippen molar-refractivity contribution in [3.63, 3.8) is 0 Å². The molecular formula is C14H29NaOS. The summed E-state index contributed by atoms with van der Waals surface area (Å²) in [7, 11) is 0. The van der Waals surface area contributed by atoms with E-state index in [1.165, 1.54) is 76.0 Å². The van der Waals surface area contributed by atoms with Crippen molar-refractivity contribution in [1.29, 1.82) is 0 Å². The van der Waals surface area contributed by atoms with Crippen molar-refractivity contribution in [2.75, 3.05) is 5.75 Å². The van der Waals surface area contributed by atoms with Gasteiger partial charge in [-0.15, -0.1) is 0 Å². The first-order valence-corrected chi connectivity index (χ1v) is 7.89. The van der Waals surface area contributed by atoms with Crippen LogP contribution in [0.15, 0.2) is 0 Å². The SMILES string of the molecule is CCCCCCCCCCCCSC(C)=O.[NaH]. The van der Waals surface area contributed by atoms with Gasteiger partial charge in [-0.05, 0) is 6.42 Å². The van der Waals surface area contributed by atoms with Crippen LogP contribution in [0.1, 0.15) is 78.1 Å². The summed E-state index contributed by atoms with van der Waals surface area (Å²) < 4.78 is 0. The molecule has 0 unspecified atom stereocenters. The fourth-order valence-electron chi connectivity index (χ4n) is 1.81. The van der Waals surface area contributed by atoms with Gasteiger partial charge >= 0.3 is 29.6 Å². The Bertz CT molecular complexity index is 162. The van der Waals surface area contributed by atoms with Gasteiger partial charge < -0.3 is 0 Å². The van der Waals surface area contributed by atoms with Gasteiger partial charge in [0.05, 0.1) is 0 Å². The molecule has 0 bridgehead atoms. The van der Waals surface area contributed by atoms with Crippen LogP contribution in [0.5, 0.6) is 0 Å². The predicted octanol–water partition coefficient (Wildman–Crippen LogP) is 4.54. The van der Waals surface area contributed by atoms with Crippen molar-refractivity contribution < 1.29 is 4.79 Å².